The maximum absolute atomic E-state index is 13.9. The summed E-state index contributed by atoms with van der Waals surface area (Å²) in [4.78, 5) is 0. The zero-order chi connectivity index (χ0) is 17.3. The van der Waals surface area contributed by atoms with Gasteiger partial charge in [0.05, 0.1) is 11.7 Å². The Morgan fingerprint density at radius 1 is 1.29 bits per heavy atom. The van der Waals surface area contributed by atoms with Crippen LogP contribution >= 0.6 is 0 Å². The number of rotatable bonds is 3. The molecule has 5 atom stereocenters. The second kappa shape index (κ2) is 5.26. The van der Waals surface area contributed by atoms with Gasteiger partial charge in [-0.2, -0.15) is 0 Å². The largest absolute Gasteiger partial charge is 0.475 e. The van der Waals surface area contributed by atoms with Gasteiger partial charge < -0.3 is 15.0 Å². The van der Waals surface area contributed by atoms with Gasteiger partial charge in [-0.3, -0.25) is 0 Å². The minimum Gasteiger partial charge on any atom is -0.404 e. The fraction of sp³-hybridized carbons (Fsp3) is 0.667. The van der Waals surface area contributed by atoms with E-state index in [4.69, 9.17) is 15.0 Å². The molecule has 0 aromatic heterocycles. The van der Waals surface area contributed by atoms with Crippen molar-refractivity contribution in [3.05, 3.63) is 35.4 Å². The maximum Gasteiger partial charge on any atom is 0.475 e. The quantitative estimate of drug-likeness (QED) is 0.864. The van der Waals surface area contributed by atoms with Crippen molar-refractivity contribution < 1.29 is 18.1 Å². The van der Waals surface area contributed by atoms with Crippen LogP contribution in [0.3, 0.4) is 0 Å². The normalized spacial score (nSPS) is 37.8. The summed E-state index contributed by atoms with van der Waals surface area (Å²) in [5.41, 5.74) is 6.59. The SMILES string of the molecule is CC1(C)[C@@H]2C[C@H]3OB(C(N)Cc4ccc(F)cc4F)O[C@@]3(C)[C@H]1C2. The van der Waals surface area contributed by atoms with Gasteiger partial charge in [0.1, 0.15) is 11.6 Å². The molecule has 1 aliphatic heterocycles. The van der Waals surface area contributed by atoms with Gasteiger partial charge in [-0.25, -0.2) is 8.78 Å². The highest BCUT2D eigenvalue weighted by molar-refractivity contribution is 6.47. The van der Waals surface area contributed by atoms with Crippen molar-refractivity contribution >= 4 is 7.12 Å². The lowest BCUT2D eigenvalue weighted by atomic mass is 9.43. The molecule has 24 heavy (non-hydrogen) atoms. The molecule has 1 unspecified atom stereocenters. The molecule has 1 heterocycles. The van der Waals surface area contributed by atoms with Crippen LogP contribution in [0.15, 0.2) is 18.2 Å². The van der Waals surface area contributed by atoms with Gasteiger partial charge in [0.2, 0.25) is 0 Å². The second-order valence-electron chi connectivity index (χ2n) is 8.44. The molecule has 3 aliphatic carbocycles. The Bertz CT molecular complexity index is 670. The van der Waals surface area contributed by atoms with Crippen LogP contribution in [-0.2, 0) is 15.7 Å². The van der Waals surface area contributed by atoms with E-state index in [2.05, 4.69) is 20.8 Å². The van der Waals surface area contributed by atoms with Gasteiger partial charge >= 0.3 is 7.12 Å². The van der Waals surface area contributed by atoms with Gasteiger partial charge in [0.15, 0.2) is 0 Å². The molecule has 0 spiro atoms. The molecule has 0 amide bonds. The second-order valence-corrected chi connectivity index (χ2v) is 8.44. The minimum absolute atomic E-state index is 0.0587. The van der Waals surface area contributed by atoms with Crippen LogP contribution in [0.25, 0.3) is 0 Å². The molecule has 6 heteroatoms. The lowest BCUT2D eigenvalue weighted by molar-refractivity contribution is -0.199. The Balaban J connectivity index is 1.48. The average molecular weight is 335 g/mol. The Kier molecular flexibility index (Phi) is 3.61. The predicted molar refractivity (Wildman–Crippen MR) is 88.1 cm³/mol. The summed E-state index contributed by atoms with van der Waals surface area (Å²) in [7, 11) is -0.542. The Hall–Kier alpha value is -0.975. The smallest absolute Gasteiger partial charge is 0.404 e. The average Bonchev–Trinajstić information content (AvgIpc) is 2.86. The zero-order valence-corrected chi connectivity index (χ0v) is 14.4. The van der Waals surface area contributed by atoms with Gasteiger partial charge in [-0.15, -0.1) is 0 Å². The number of hydrogen-bond donors (Lipinski definition) is 1. The van der Waals surface area contributed by atoms with Crippen LogP contribution in [-0.4, -0.2) is 24.8 Å². The first-order valence-electron chi connectivity index (χ1n) is 8.74. The van der Waals surface area contributed by atoms with Gasteiger partial charge in [-0.1, -0.05) is 19.9 Å². The van der Waals surface area contributed by atoms with Crippen LogP contribution < -0.4 is 5.73 Å². The minimum atomic E-state index is -0.585. The van der Waals surface area contributed by atoms with Crippen LogP contribution in [0.1, 0.15) is 39.2 Å². The van der Waals surface area contributed by atoms with Crippen LogP contribution in [0.2, 0.25) is 0 Å². The predicted octanol–water partition coefficient (Wildman–Crippen LogP) is 3.10. The standard InChI is InChI=1S/C18H24BF2NO2/c1-17(2)11-7-14(17)18(3)15(8-11)23-19(24-18)16(22)6-10-4-5-12(20)9-13(10)21/h4-5,9,11,14-16H,6-8,22H2,1-3H3/t11-,14-,15+,16?,18-/m0/s1. The summed E-state index contributed by atoms with van der Waals surface area (Å²) in [5.74, 6) is -0.496. The third kappa shape index (κ3) is 2.26. The van der Waals surface area contributed by atoms with E-state index >= 15 is 0 Å². The van der Waals surface area contributed by atoms with E-state index in [1.165, 1.54) is 18.6 Å². The molecule has 2 N–H and O–H groups in total. The molecule has 3 saturated carbocycles. The van der Waals surface area contributed by atoms with Crippen LogP contribution in [0.5, 0.6) is 0 Å². The van der Waals surface area contributed by atoms with E-state index < -0.39 is 24.7 Å². The fourth-order valence-corrected chi connectivity index (χ4v) is 5.12. The fourth-order valence-electron chi connectivity index (χ4n) is 5.12. The molecule has 5 rings (SSSR count). The lowest BCUT2D eigenvalue weighted by Gasteiger charge is -2.64. The first-order valence-corrected chi connectivity index (χ1v) is 8.74. The van der Waals surface area contributed by atoms with Crippen molar-refractivity contribution in [2.45, 2.75) is 57.7 Å². The van der Waals surface area contributed by atoms with Crippen LogP contribution in [0.4, 0.5) is 8.78 Å². The maximum atomic E-state index is 13.9. The molecular weight excluding hydrogens is 311 g/mol. The third-order valence-electron chi connectivity index (χ3n) is 6.79. The Morgan fingerprint density at radius 2 is 2.04 bits per heavy atom. The van der Waals surface area contributed by atoms with E-state index in [1.807, 2.05) is 0 Å². The van der Waals surface area contributed by atoms with Gasteiger partial charge in [-0.05, 0) is 55.1 Å². The monoisotopic (exact) mass is 335 g/mol. The summed E-state index contributed by atoms with van der Waals surface area (Å²) < 4.78 is 39.3. The summed E-state index contributed by atoms with van der Waals surface area (Å²) in [6.45, 7) is 6.74. The van der Waals surface area contributed by atoms with E-state index in [0.717, 1.165) is 12.5 Å². The summed E-state index contributed by atoms with van der Waals surface area (Å²) in [6, 6.07) is 3.57. The summed E-state index contributed by atoms with van der Waals surface area (Å²) in [6.07, 6.45) is 2.49. The topological polar surface area (TPSA) is 44.5 Å². The first-order chi connectivity index (χ1) is 11.2. The molecule has 1 aromatic carbocycles. The summed E-state index contributed by atoms with van der Waals surface area (Å²) in [5, 5.41) is 0. The van der Waals surface area contributed by atoms with Gasteiger partial charge in [0.25, 0.3) is 0 Å². The molecule has 3 nitrogen and oxygen atoms in total. The molecular formula is C18H24BF2NO2. The molecule has 4 fully saturated rings. The first kappa shape index (κ1) is 16.5. The zero-order valence-electron chi connectivity index (χ0n) is 14.4. The van der Waals surface area contributed by atoms with Crippen LogP contribution in [0, 0.1) is 28.9 Å². The Morgan fingerprint density at radius 3 is 2.71 bits per heavy atom. The third-order valence-corrected chi connectivity index (χ3v) is 6.79. The molecule has 1 saturated heterocycles. The van der Waals surface area contributed by atoms with Crippen molar-refractivity contribution in [3.8, 4) is 0 Å². The van der Waals surface area contributed by atoms with E-state index in [-0.39, 0.29) is 23.5 Å². The lowest BCUT2D eigenvalue weighted by Crippen LogP contribution is -2.65. The number of benzene rings is 1. The van der Waals surface area contributed by atoms with Crippen molar-refractivity contribution in [3.63, 3.8) is 0 Å². The highest BCUT2D eigenvalue weighted by atomic mass is 19.1. The van der Waals surface area contributed by atoms with Gasteiger partial charge in [0, 0.05) is 12.0 Å². The highest BCUT2D eigenvalue weighted by Gasteiger charge is 2.68. The van der Waals surface area contributed by atoms with Crippen molar-refractivity contribution in [1.82, 2.24) is 0 Å². The van der Waals surface area contributed by atoms with E-state index in [0.29, 0.717) is 17.4 Å². The number of nitrogens with two attached hydrogens (primary N) is 1. The number of hydrogen-bond acceptors (Lipinski definition) is 3. The molecule has 2 bridgehead atoms. The van der Waals surface area contributed by atoms with E-state index in [9.17, 15) is 8.78 Å². The van der Waals surface area contributed by atoms with Crippen molar-refractivity contribution in [2.24, 2.45) is 23.0 Å². The molecule has 0 radical (unpaired) electrons. The molecule has 1 aromatic rings. The van der Waals surface area contributed by atoms with Crippen molar-refractivity contribution in [1.29, 1.82) is 0 Å². The highest BCUT2D eigenvalue weighted by Crippen LogP contribution is 2.65. The molecule has 130 valence electrons. The Labute approximate surface area is 142 Å². The molecule has 4 aliphatic rings. The number of halogens is 2. The summed E-state index contributed by atoms with van der Waals surface area (Å²) >= 11 is 0. The van der Waals surface area contributed by atoms with Crippen molar-refractivity contribution in [2.75, 3.05) is 0 Å². The van der Waals surface area contributed by atoms with E-state index in [1.54, 1.807) is 0 Å².